The Balaban J connectivity index is 2.37. The summed E-state index contributed by atoms with van der Waals surface area (Å²) in [6.07, 6.45) is 0. The number of ether oxygens (including phenoxy) is 1. The lowest BCUT2D eigenvalue weighted by Gasteiger charge is -2.10. The predicted molar refractivity (Wildman–Crippen MR) is 77.2 cm³/mol. The molecule has 0 bridgehead atoms. The molecule has 0 aliphatic rings. The molecule has 0 saturated heterocycles. The monoisotopic (exact) mass is 310 g/mol. The van der Waals surface area contributed by atoms with Crippen molar-refractivity contribution in [3.05, 3.63) is 62.9 Å². The largest absolute Gasteiger partial charge is 0.447 e. The number of nitrogens with two attached hydrogens (primary N) is 1. The Morgan fingerprint density at radius 2 is 1.95 bits per heavy atom. The first kappa shape index (κ1) is 15.2. The molecule has 7 heteroatoms. The lowest BCUT2D eigenvalue weighted by Crippen LogP contribution is -2.05. The number of hydrogen-bond donors (Lipinski definition) is 1. The van der Waals surface area contributed by atoms with E-state index in [1.165, 1.54) is 24.3 Å². The molecule has 0 aliphatic carbocycles. The van der Waals surface area contributed by atoms with Crippen LogP contribution in [0.5, 0.6) is 11.5 Å². The summed E-state index contributed by atoms with van der Waals surface area (Å²) in [4.78, 5) is 10.3. The Morgan fingerprint density at radius 3 is 2.52 bits per heavy atom. The average Bonchev–Trinajstić information content (AvgIpc) is 2.42. The number of nitrogens with zero attached hydrogens (tertiary/aromatic N) is 1. The number of hydrogen-bond acceptors (Lipinski definition) is 4. The molecule has 5 nitrogen and oxygen atoms in total. The highest BCUT2D eigenvalue weighted by Gasteiger charge is 2.18. The Kier molecular flexibility index (Phi) is 4.40. The summed E-state index contributed by atoms with van der Waals surface area (Å²) >= 11 is 5.70. The first-order chi connectivity index (χ1) is 9.88. The van der Waals surface area contributed by atoms with Gasteiger partial charge in [0.2, 0.25) is 5.75 Å². The highest BCUT2D eigenvalue weighted by atomic mass is 35.5. The van der Waals surface area contributed by atoms with Crippen LogP contribution in [0.4, 0.5) is 10.1 Å². The maximum absolute atomic E-state index is 13.9. The zero-order chi connectivity index (χ0) is 15.6. The van der Waals surface area contributed by atoms with Gasteiger partial charge in [-0.15, -0.1) is 0 Å². The van der Waals surface area contributed by atoms with Gasteiger partial charge in [0.25, 0.3) is 0 Å². The standard InChI is InChI=1S/C14H12ClFN2O3/c1-8(17)9-2-4-13(11(16)6-9)21-14-5-3-10(15)7-12(14)18(19)20/h2-8H,17H2,1H3/t8-/m0/s1. The van der Waals surface area contributed by atoms with Crippen LogP contribution in [-0.2, 0) is 0 Å². The molecule has 0 saturated carbocycles. The summed E-state index contributed by atoms with van der Waals surface area (Å²) in [6.45, 7) is 1.72. The minimum Gasteiger partial charge on any atom is -0.447 e. The fourth-order valence-corrected chi connectivity index (χ4v) is 1.89. The van der Waals surface area contributed by atoms with Gasteiger partial charge in [-0.2, -0.15) is 0 Å². The molecule has 1 atom stereocenters. The predicted octanol–water partition coefficient (Wildman–Crippen LogP) is 4.20. The van der Waals surface area contributed by atoms with Crippen molar-refractivity contribution in [3.63, 3.8) is 0 Å². The van der Waals surface area contributed by atoms with Crippen molar-refractivity contribution >= 4 is 17.3 Å². The van der Waals surface area contributed by atoms with E-state index in [9.17, 15) is 14.5 Å². The van der Waals surface area contributed by atoms with Gasteiger partial charge in [-0.1, -0.05) is 17.7 Å². The molecular formula is C14H12ClFN2O3. The maximum atomic E-state index is 13.9. The Labute approximate surface area is 125 Å². The van der Waals surface area contributed by atoms with E-state index in [0.29, 0.717) is 5.56 Å². The van der Waals surface area contributed by atoms with E-state index in [1.54, 1.807) is 13.0 Å². The molecule has 21 heavy (non-hydrogen) atoms. The van der Waals surface area contributed by atoms with Crippen LogP contribution in [0.25, 0.3) is 0 Å². The SMILES string of the molecule is C[C@H](N)c1ccc(Oc2ccc(Cl)cc2[N+](=O)[O-])c(F)c1. The van der Waals surface area contributed by atoms with E-state index in [2.05, 4.69) is 0 Å². The van der Waals surface area contributed by atoms with Crippen molar-refractivity contribution in [1.82, 2.24) is 0 Å². The maximum Gasteiger partial charge on any atom is 0.313 e. The molecule has 0 aromatic heterocycles. The minimum atomic E-state index is -0.644. The molecule has 0 fully saturated rings. The molecule has 2 rings (SSSR count). The number of halogens is 2. The van der Waals surface area contributed by atoms with Gasteiger partial charge in [0, 0.05) is 17.1 Å². The molecule has 0 amide bonds. The Hall–Kier alpha value is -2.18. The van der Waals surface area contributed by atoms with Crippen molar-refractivity contribution in [2.24, 2.45) is 5.73 Å². The number of rotatable bonds is 4. The van der Waals surface area contributed by atoms with E-state index < -0.39 is 10.7 Å². The topological polar surface area (TPSA) is 78.4 Å². The van der Waals surface area contributed by atoms with Crippen LogP contribution in [0.15, 0.2) is 36.4 Å². The van der Waals surface area contributed by atoms with Gasteiger partial charge in [-0.3, -0.25) is 10.1 Å². The second kappa shape index (κ2) is 6.07. The zero-order valence-corrected chi connectivity index (χ0v) is 11.8. The summed E-state index contributed by atoms with van der Waals surface area (Å²) < 4.78 is 19.2. The Bertz CT molecular complexity index is 692. The smallest absolute Gasteiger partial charge is 0.313 e. The average molecular weight is 311 g/mol. The first-order valence-corrected chi connectivity index (χ1v) is 6.43. The highest BCUT2D eigenvalue weighted by molar-refractivity contribution is 6.30. The molecule has 0 spiro atoms. The van der Waals surface area contributed by atoms with E-state index >= 15 is 0 Å². The molecule has 2 aromatic carbocycles. The van der Waals surface area contributed by atoms with Crippen LogP contribution in [0.3, 0.4) is 0 Å². The third-order valence-corrected chi connectivity index (χ3v) is 3.05. The van der Waals surface area contributed by atoms with E-state index in [-0.39, 0.29) is 28.3 Å². The lowest BCUT2D eigenvalue weighted by atomic mass is 10.1. The molecule has 0 heterocycles. The summed E-state index contributed by atoms with van der Waals surface area (Å²) in [6, 6.07) is 7.79. The third-order valence-electron chi connectivity index (χ3n) is 2.82. The number of nitro benzene ring substituents is 1. The molecule has 110 valence electrons. The minimum absolute atomic E-state index is 0.0863. The van der Waals surface area contributed by atoms with Gasteiger partial charge < -0.3 is 10.5 Å². The third kappa shape index (κ3) is 3.48. The van der Waals surface area contributed by atoms with E-state index in [1.807, 2.05) is 0 Å². The van der Waals surface area contributed by atoms with Gasteiger partial charge in [-0.05, 0) is 36.8 Å². The van der Waals surface area contributed by atoms with Crippen LogP contribution >= 0.6 is 11.6 Å². The quantitative estimate of drug-likeness (QED) is 0.678. The molecule has 0 aliphatic heterocycles. The fraction of sp³-hybridized carbons (Fsp3) is 0.143. The molecular weight excluding hydrogens is 299 g/mol. The second-order valence-corrected chi connectivity index (χ2v) is 4.89. The van der Waals surface area contributed by atoms with Crippen molar-refractivity contribution in [2.75, 3.05) is 0 Å². The highest BCUT2D eigenvalue weighted by Crippen LogP contribution is 2.34. The van der Waals surface area contributed by atoms with E-state index in [0.717, 1.165) is 6.07 Å². The zero-order valence-electron chi connectivity index (χ0n) is 11.0. The van der Waals surface area contributed by atoms with Gasteiger partial charge in [-0.25, -0.2) is 4.39 Å². The second-order valence-electron chi connectivity index (χ2n) is 4.45. The van der Waals surface area contributed by atoms with Crippen molar-refractivity contribution < 1.29 is 14.1 Å². The normalized spacial score (nSPS) is 12.0. The van der Waals surface area contributed by atoms with Gasteiger partial charge in [0.15, 0.2) is 11.6 Å². The van der Waals surface area contributed by atoms with Crippen LogP contribution < -0.4 is 10.5 Å². The molecule has 0 radical (unpaired) electrons. The summed E-state index contributed by atoms with van der Waals surface area (Å²) in [5.74, 6) is -0.851. The van der Waals surface area contributed by atoms with Crippen molar-refractivity contribution in [1.29, 1.82) is 0 Å². The molecule has 2 aromatic rings. The fourth-order valence-electron chi connectivity index (χ4n) is 1.72. The van der Waals surface area contributed by atoms with Crippen molar-refractivity contribution in [2.45, 2.75) is 13.0 Å². The lowest BCUT2D eigenvalue weighted by molar-refractivity contribution is -0.385. The number of nitro groups is 1. The Morgan fingerprint density at radius 1 is 1.29 bits per heavy atom. The number of benzene rings is 2. The van der Waals surface area contributed by atoms with Crippen LogP contribution in [-0.4, -0.2) is 4.92 Å². The van der Waals surface area contributed by atoms with Crippen LogP contribution in [0.2, 0.25) is 5.02 Å². The molecule has 0 unspecified atom stereocenters. The van der Waals surface area contributed by atoms with E-state index in [4.69, 9.17) is 22.1 Å². The summed E-state index contributed by atoms with van der Waals surface area (Å²) in [5, 5.41) is 11.1. The van der Waals surface area contributed by atoms with Gasteiger partial charge in [0.1, 0.15) is 0 Å². The first-order valence-electron chi connectivity index (χ1n) is 6.05. The van der Waals surface area contributed by atoms with Crippen molar-refractivity contribution in [3.8, 4) is 11.5 Å². The van der Waals surface area contributed by atoms with Gasteiger partial charge in [0.05, 0.1) is 4.92 Å². The van der Waals surface area contributed by atoms with Crippen LogP contribution in [0, 0.1) is 15.9 Å². The van der Waals surface area contributed by atoms with Crippen LogP contribution in [0.1, 0.15) is 18.5 Å². The summed E-state index contributed by atoms with van der Waals surface area (Å²) in [7, 11) is 0. The van der Waals surface area contributed by atoms with Gasteiger partial charge >= 0.3 is 5.69 Å². The molecule has 2 N–H and O–H groups in total. The summed E-state index contributed by atoms with van der Waals surface area (Å²) in [5.41, 5.74) is 5.92.